The Balaban J connectivity index is 0.00000320. The van der Waals surface area contributed by atoms with Gasteiger partial charge in [0, 0.05) is 51.7 Å². The zero-order valence-corrected chi connectivity index (χ0v) is 20.8. The maximum absolute atomic E-state index is 12.5. The van der Waals surface area contributed by atoms with Crippen molar-refractivity contribution in [2.24, 2.45) is 4.99 Å². The Morgan fingerprint density at radius 3 is 2.63 bits per heavy atom. The van der Waals surface area contributed by atoms with Gasteiger partial charge in [0.05, 0.1) is 0 Å². The normalized spacial score (nSPS) is 22.5. The van der Waals surface area contributed by atoms with Crippen molar-refractivity contribution >= 4 is 35.8 Å². The van der Waals surface area contributed by atoms with E-state index in [0.717, 1.165) is 45.0 Å². The molecular formula is C23H38IN5O. The maximum Gasteiger partial charge on any atom is 0.224 e. The predicted molar refractivity (Wildman–Crippen MR) is 134 cm³/mol. The third-order valence-electron chi connectivity index (χ3n) is 6.21. The van der Waals surface area contributed by atoms with Gasteiger partial charge in [0.25, 0.3) is 0 Å². The van der Waals surface area contributed by atoms with E-state index in [1.54, 1.807) is 7.05 Å². The topological polar surface area (TPSA) is 60.0 Å². The number of benzene rings is 1. The molecule has 2 aliphatic heterocycles. The number of hydrogen-bond acceptors (Lipinski definition) is 3. The lowest BCUT2D eigenvalue weighted by atomic mass is 10.0. The van der Waals surface area contributed by atoms with E-state index in [9.17, 15) is 4.79 Å². The summed E-state index contributed by atoms with van der Waals surface area (Å²) < 4.78 is 0. The van der Waals surface area contributed by atoms with Gasteiger partial charge in [-0.15, -0.1) is 24.0 Å². The van der Waals surface area contributed by atoms with Crippen LogP contribution in [0.25, 0.3) is 0 Å². The standard InChI is InChI=1S/C23H37N5O.HI/c1-19-9-6-7-16-28(19)22(29)13-14-25-23(24-2)26-17-21-12-8-15-27(21)18-20-10-4-3-5-11-20;/h3-5,10-11,19,21H,6-9,12-18H2,1-2H3,(H2,24,25,26);1H. The smallest absolute Gasteiger partial charge is 0.224 e. The van der Waals surface area contributed by atoms with E-state index >= 15 is 0 Å². The first-order valence-corrected chi connectivity index (χ1v) is 11.2. The van der Waals surface area contributed by atoms with Crippen LogP contribution >= 0.6 is 24.0 Å². The van der Waals surface area contributed by atoms with Crippen LogP contribution in [0.15, 0.2) is 35.3 Å². The van der Waals surface area contributed by atoms with E-state index in [4.69, 9.17) is 0 Å². The summed E-state index contributed by atoms with van der Waals surface area (Å²) in [6.07, 6.45) is 6.48. The molecule has 2 fully saturated rings. The molecule has 0 saturated carbocycles. The molecule has 2 aliphatic rings. The summed E-state index contributed by atoms with van der Waals surface area (Å²) in [5.74, 6) is 1.04. The lowest BCUT2D eigenvalue weighted by molar-refractivity contribution is -0.134. The second-order valence-electron chi connectivity index (χ2n) is 8.31. The highest BCUT2D eigenvalue weighted by molar-refractivity contribution is 14.0. The average Bonchev–Trinajstić information content (AvgIpc) is 3.18. The molecule has 2 N–H and O–H groups in total. The van der Waals surface area contributed by atoms with Gasteiger partial charge >= 0.3 is 0 Å². The third-order valence-corrected chi connectivity index (χ3v) is 6.21. The van der Waals surface area contributed by atoms with Crippen LogP contribution in [-0.4, -0.2) is 67.0 Å². The van der Waals surface area contributed by atoms with Gasteiger partial charge in [0.15, 0.2) is 5.96 Å². The number of hydrogen-bond donors (Lipinski definition) is 2. The molecule has 0 bridgehead atoms. The van der Waals surface area contributed by atoms with Crippen LogP contribution in [0.1, 0.15) is 51.0 Å². The van der Waals surface area contributed by atoms with Gasteiger partial charge in [-0.05, 0) is 51.1 Å². The van der Waals surface area contributed by atoms with Crippen LogP contribution in [-0.2, 0) is 11.3 Å². The molecule has 7 heteroatoms. The van der Waals surface area contributed by atoms with E-state index < -0.39 is 0 Å². The molecule has 2 unspecified atom stereocenters. The molecule has 168 valence electrons. The summed E-state index contributed by atoms with van der Waals surface area (Å²) >= 11 is 0. The molecule has 1 aromatic carbocycles. The van der Waals surface area contributed by atoms with E-state index in [1.807, 2.05) is 4.90 Å². The minimum Gasteiger partial charge on any atom is -0.356 e. The fourth-order valence-electron chi connectivity index (χ4n) is 4.49. The van der Waals surface area contributed by atoms with Crippen LogP contribution in [0.2, 0.25) is 0 Å². The molecule has 0 radical (unpaired) electrons. The number of carbonyl (C=O) groups is 1. The van der Waals surface area contributed by atoms with Crippen LogP contribution in [0, 0.1) is 0 Å². The van der Waals surface area contributed by atoms with Crippen molar-refractivity contribution in [2.75, 3.05) is 33.2 Å². The van der Waals surface area contributed by atoms with Crippen molar-refractivity contribution in [2.45, 2.75) is 64.1 Å². The Bertz CT molecular complexity index is 669. The molecule has 1 aromatic rings. The van der Waals surface area contributed by atoms with Gasteiger partial charge < -0.3 is 15.5 Å². The maximum atomic E-state index is 12.5. The summed E-state index contributed by atoms with van der Waals surface area (Å²) in [6.45, 7) is 6.72. The lowest BCUT2D eigenvalue weighted by Crippen LogP contribution is -2.46. The summed E-state index contributed by atoms with van der Waals surface area (Å²) in [6, 6.07) is 11.6. The first kappa shape index (κ1) is 24.9. The first-order valence-electron chi connectivity index (χ1n) is 11.2. The molecule has 30 heavy (non-hydrogen) atoms. The monoisotopic (exact) mass is 527 g/mol. The number of guanidine groups is 1. The molecule has 0 aliphatic carbocycles. The Hall–Kier alpha value is -1.35. The van der Waals surface area contributed by atoms with Crippen LogP contribution in [0.5, 0.6) is 0 Å². The zero-order valence-electron chi connectivity index (χ0n) is 18.5. The first-order chi connectivity index (χ1) is 14.2. The SMILES string of the molecule is CN=C(NCCC(=O)N1CCCCC1C)NCC1CCCN1Cc1ccccc1.I. The molecule has 1 amide bonds. The quantitative estimate of drug-likeness (QED) is 0.325. The number of rotatable bonds is 7. The van der Waals surface area contributed by atoms with Gasteiger partial charge in [0.2, 0.25) is 5.91 Å². The number of carbonyl (C=O) groups excluding carboxylic acids is 1. The van der Waals surface area contributed by atoms with E-state index in [1.165, 1.54) is 24.8 Å². The number of halogens is 1. The second kappa shape index (κ2) is 13.1. The van der Waals surface area contributed by atoms with Crippen molar-refractivity contribution in [3.63, 3.8) is 0 Å². The van der Waals surface area contributed by atoms with Gasteiger partial charge in [0.1, 0.15) is 0 Å². The van der Waals surface area contributed by atoms with Crippen molar-refractivity contribution in [3.05, 3.63) is 35.9 Å². The van der Waals surface area contributed by atoms with Crippen LogP contribution < -0.4 is 10.6 Å². The summed E-state index contributed by atoms with van der Waals surface area (Å²) in [5, 5.41) is 6.78. The highest BCUT2D eigenvalue weighted by Gasteiger charge is 2.25. The number of likely N-dealkylation sites (tertiary alicyclic amines) is 2. The predicted octanol–water partition coefficient (Wildman–Crippen LogP) is 3.23. The molecule has 2 saturated heterocycles. The molecular weight excluding hydrogens is 489 g/mol. The molecule has 6 nitrogen and oxygen atoms in total. The van der Waals surface area contributed by atoms with Gasteiger partial charge in [-0.25, -0.2) is 0 Å². The van der Waals surface area contributed by atoms with E-state index in [2.05, 4.69) is 57.8 Å². The fourth-order valence-corrected chi connectivity index (χ4v) is 4.49. The zero-order chi connectivity index (χ0) is 20.5. The van der Waals surface area contributed by atoms with E-state index in [-0.39, 0.29) is 29.9 Å². The molecule has 0 aromatic heterocycles. The van der Waals surface area contributed by atoms with Crippen molar-refractivity contribution in [1.82, 2.24) is 20.4 Å². The number of aliphatic imine (C=N–C) groups is 1. The average molecular weight is 527 g/mol. The highest BCUT2D eigenvalue weighted by Crippen LogP contribution is 2.19. The Labute approximate surface area is 198 Å². The summed E-state index contributed by atoms with van der Waals surface area (Å²) in [7, 11) is 1.79. The fraction of sp³-hybridized carbons (Fsp3) is 0.652. The Morgan fingerprint density at radius 1 is 1.10 bits per heavy atom. The van der Waals surface area contributed by atoms with Crippen molar-refractivity contribution in [1.29, 1.82) is 0 Å². The summed E-state index contributed by atoms with van der Waals surface area (Å²) in [4.78, 5) is 21.4. The van der Waals surface area contributed by atoms with Crippen molar-refractivity contribution < 1.29 is 4.79 Å². The Morgan fingerprint density at radius 2 is 1.90 bits per heavy atom. The Kier molecular flexibility index (Phi) is 10.9. The molecule has 2 heterocycles. The molecule has 2 atom stereocenters. The minimum absolute atomic E-state index is 0. The number of piperidine rings is 1. The lowest BCUT2D eigenvalue weighted by Gasteiger charge is -2.33. The van der Waals surface area contributed by atoms with Gasteiger partial charge in [-0.3, -0.25) is 14.7 Å². The number of nitrogens with zero attached hydrogens (tertiary/aromatic N) is 3. The highest BCUT2D eigenvalue weighted by atomic mass is 127. The molecule has 0 spiro atoms. The van der Waals surface area contributed by atoms with Crippen LogP contribution in [0.4, 0.5) is 0 Å². The number of amides is 1. The van der Waals surface area contributed by atoms with Gasteiger partial charge in [-0.2, -0.15) is 0 Å². The van der Waals surface area contributed by atoms with Gasteiger partial charge in [-0.1, -0.05) is 30.3 Å². The molecule has 3 rings (SSSR count). The van der Waals surface area contributed by atoms with E-state index in [0.29, 0.717) is 25.0 Å². The number of nitrogens with one attached hydrogen (secondary N) is 2. The summed E-state index contributed by atoms with van der Waals surface area (Å²) in [5.41, 5.74) is 1.37. The van der Waals surface area contributed by atoms with Crippen molar-refractivity contribution in [3.8, 4) is 0 Å². The largest absolute Gasteiger partial charge is 0.356 e. The minimum atomic E-state index is 0. The second-order valence-corrected chi connectivity index (χ2v) is 8.31. The van der Waals surface area contributed by atoms with Crippen LogP contribution in [0.3, 0.4) is 0 Å². The third kappa shape index (κ3) is 7.41.